The fraction of sp³-hybridized carbons (Fsp3) is 0.533. The Balaban J connectivity index is 2.52. The Morgan fingerprint density at radius 2 is 2.00 bits per heavy atom. The number of hydrogen-bond acceptors (Lipinski definition) is 4. The first-order chi connectivity index (χ1) is 9.40. The quantitative estimate of drug-likeness (QED) is 0.716. The molecule has 0 heterocycles. The van der Waals surface area contributed by atoms with Crippen molar-refractivity contribution < 1.29 is 24.5 Å². The van der Waals surface area contributed by atoms with Gasteiger partial charge in [0, 0.05) is 0 Å². The number of methoxy groups -OCH3 is 1. The highest BCUT2D eigenvalue weighted by Gasteiger charge is 2.26. The minimum atomic E-state index is -0.803. The summed E-state index contributed by atoms with van der Waals surface area (Å²) in [6.45, 7) is 3.77. The number of rotatable bonds is 8. The van der Waals surface area contributed by atoms with Gasteiger partial charge in [-0.3, -0.25) is 4.79 Å². The molecule has 0 bridgehead atoms. The van der Waals surface area contributed by atoms with Gasteiger partial charge in [0.25, 0.3) is 0 Å². The molecule has 0 saturated carbocycles. The van der Waals surface area contributed by atoms with E-state index in [0.717, 1.165) is 5.56 Å². The standard InChI is InChI=1S/C15H22O5/c1-15(2,14(17)18)7-4-8-20-12-6-5-11(10-16)9-13(12)19-3/h5-6,9,16H,4,7-8,10H2,1-3H3,(H,17,18). The van der Waals surface area contributed by atoms with E-state index in [-0.39, 0.29) is 6.61 Å². The van der Waals surface area contributed by atoms with E-state index < -0.39 is 11.4 Å². The summed E-state index contributed by atoms with van der Waals surface area (Å²) >= 11 is 0. The Morgan fingerprint density at radius 1 is 1.30 bits per heavy atom. The van der Waals surface area contributed by atoms with E-state index in [2.05, 4.69) is 0 Å². The molecule has 0 aliphatic carbocycles. The number of aliphatic hydroxyl groups excluding tert-OH is 1. The van der Waals surface area contributed by atoms with E-state index in [0.29, 0.717) is 30.9 Å². The number of aliphatic hydroxyl groups is 1. The molecule has 0 aliphatic rings. The summed E-state index contributed by atoms with van der Waals surface area (Å²) in [5, 5.41) is 18.1. The van der Waals surface area contributed by atoms with Crippen LogP contribution in [0.25, 0.3) is 0 Å². The maximum atomic E-state index is 11.0. The first-order valence-corrected chi connectivity index (χ1v) is 6.54. The van der Waals surface area contributed by atoms with Gasteiger partial charge in [0.15, 0.2) is 11.5 Å². The van der Waals surface area contributed by atoms with Gasteiger partial charge in [0.2, 0.25) is 0 Å². The lowest BCUT2D eigenvalue weighted by atomic mass is 9.88. The monoisotopic (exact) mass is 282 g/mol. The van der Waals surface area contributed by atoms with Crippen LogP contribution in [-0.2, 0) is 11.4 Å². The third-order valence-corrected chi connectivity index (χ3v) is 3.19. The Hall–Kier alpha value is -1.75. The van der Waals surface area contributed by atoms with Gasteiger partial charge >= 0.3 is 5.97 Å². The minimum absolute atomic E-state index is 0.0521. The van der Waals surface area contributed by atoms with Crippen molar-refractivity contribution in [2.45, 2.75) is 33.3 Å². The second-order valence-electron chi connectivity index (χ2n) is 5.28. The van der Waals surface area contributed by atoms with Crippen LogP contribution in [0.5, 0.6) is 11.5 Å². The maximum absolute atomic E-state index is 11.0. The summed E-state index contributed by atoms with van der Waals surface area (Å²) < 4.78 is 10.8. The first kappa shape index (κ1) is 16.3. The van der Waals surface area contributed by atoms with Crippen molar-refractivity contribution in [3.63, 3.8) is 0 Å². The molecular weight excluding hydrogens is 260 g/mol. The van der Waals surface area contributed by atoms with Crippen LogP contribution in [0.3, 0.4) is 0 Å². The van der Waals surface area contributed by atoms with Crippen molar-refractivity contribution in [1.29, 1.82) is 0 Å². The number of carboxylic acid groups (broad SMARTS) is 1. The molecule has 0 unspecified atom stereocenters. The SMILES string of the molecule is COc1cc(CO)ccc1OCCCC(C)(C)C(=O)O. The van der Waals surface area contributed by atoms with Crippen LogP contribution in [0.4, 0.5) is 0 Å². The largest absolute Gasteiger partial charge is 0.493 e. The van der Waals surface area contributed by atoms with E-state index in [1.807, 2.05) is 0 Å². The topological polar surface area (TPSA) is 76.0 Å². The molecule has 0 fully saturated rings. The Labute approximate surface area is 119 Å². The van der Waals surface area contributed by atoms with Crippen molar-refractivity contribution >= 4 is 5.97 Å². The summed E-state index contributed by atoms with van der Waals surface area (Å²) in [5.41, 5.74) is 0.00925. The molecule has 5 heteroatoms. The summed E-state index contributed by atoms with van der Waals surface area (Å²) in [5.74, 6) is 0.356. The predicted molar refractivity (Wildman–Crippen MR) is 75.1 cm³/mol. The molecule has 1 aromatic rings. The zero-order valence-corrected chi connectivity index (χ0v) is 12.2. The van der Waals surface area contributed by atoms with Crippen LogP contribution >= 0.6 is 0 Å². The minimum Gasteiger partial charge on any atom is -0.493 e. The van der Waals surface area contributed by atoms with Crippen LogP contribution < -0.4 is 9.47 Å². The predicted octanol–water partition coefficient (Wildman–Crippen LogP) is 2.46. The van der Waals surface area contributed by atoms with E-state index >= 15 is 0 Å². The highest BCUT2D eigenvalue weighted by Crippen LogP contribution is 2.29. The molecule has 0 radical (unpaired) electrons. The zero-order chi connectivity index (χ0) is 15.2. The Bertz CT molecular complexity index is 454. The summed E-state index contributed by atoms with van der Waals surface area (Å²) in [7, 11) is 1.54. The molecule has 0 saturated heterocycles. The molecule has 0 aromatic heterocycles. The molecule has 2 N–H and O–H groups in total. The van der Waals surface area contributed by atoms with Gasteiger partial charge in [-0.05, 0) is 44.4 Å². The number of carboxylic acids is 1. The second-order valence-corrected chi connectivity index (χ2v) is 5.28. The Morgan fingerprint density at radius 3 is 2.55 bits per heavy atom. The third kappa shape index (κ3) is 4.42. The summed E-state index contributed by atoms with van der Waals surface area (Å²) in [4.78, 5) is 11.0. The van der Waals surface area contributed by atoms with Crippen LogP contribution in [0.2, 0.25) is 0 Å². The first-order valence-electron chi connectivity index (χ1n) is 6.54. The number of aliphatic carboxylic acids is 1. The summed E-state index contributed by atoms with van der Waals surface area (Å²) in [6, 6.07) is 5.22. The van der Waals surface area contributed by atoms with Crippen LogP contribution in [0, 0.1) is 5.41 Å². The zero-order valence-electron chi connectivity index (χ0n) is 12.2. The summed E-state index contributed by atoms with van der Waals surface area (Å²) in [6.07, 6.45) is 1.18. The average Bonchev–Trinajstić information content (AvgIpc) is 2.43. The van der Waals surface area contributed by atoms with Crippen molar-refractivity contribution in [1.82, 2.24) is 0 Å². The molecule has 20 heavy (non-hydrogen) atoms. The van der Waals surface area contributed by atoms with E-state index in [1.54, 1.807) is 32.0 Å². The lowest BCUT2D eigenvalue weighted by molar-refractivity contribution is -0.147. The van der Waals surface area contributed by atoms with E-state index in [9.17, 15) is 4.79 Å². The molecular formula is C15H22O5. The van der Waals surface area contributed by atoms with Gasteiger partial charge < -0.3 is 19.7 Å². The van der Waals surface area contributed by atoms with Gasteiger partial charge in [0.1, 0.15) is 0 Å². The van der Waals surface area contributed by atoms with Gasteiger partial charge in [-0.25, -0.2) is 0 Å². The van der Waals surface area contributed by atoms with Crippen LogP contribution in [-0.4, -0.2) is 29.9 Å². The fourth-order valence-electron chi connectivity index (χ4n) is 1.73. The smallest absolute Gasteiger partial charge is 0.309 e. The van der Waals surface area contributed by atoms with Crippen LogP contribution in [0.1, 0.15) is 32.3 Å². The molecule has 112 valence electrons. The number of ether oxygens (including phenoxy) is 2. The maximum Gasteiger partial charge on any atom is 0.309 e. The van der Waals surface area contributed by atoms with Gasteiger partial charge in [-0.2, -0.15) is 0 Å². The average molecular weight is 282 g/mol. The lowest BCUT2D eigenvalue weighted by Gasteiger charge is -2.19. The molecule has 0 spiro atoms. The highest BCUT2D eigenvalue weighted by atomic mass is 16.5. The number of carbonyl (C=O) groups is 1. The molecule has 0 aliphatic heterocycles. The van der Waals surface area contributed by atoms with Crippen molar-refractivity contribution in [3.05, 3.63) is 23.8 Å². The molecule has 0 atom stereocenters. The fourth-order valence-corrected chi connectivity index (χ4v) is 1.73. The third-order valence-electron chi connectivity index (χ3n) is 3.19. The van der Waals surface area contributed by atoms with Gasteiger partial charge in [0.05, 0.1) is 25.7 Å². The van der Waals surface area contributed by atoms with Crippen molar-refractivity contribution in [2.24, 2.45) is 5.41 Å². The van der Waals surface area contributed by atoms with Gasteiger partial charge in [-0.15, -0.1) is 0 Å². The molecule has 5 nitrogen and oxygen atoms in total. The van der Waals surface area contributed by atoms with Crippen molar-refractivity contribution in [2.75, 3.05) is 13.7 Å². The van der Waals surface area contributed by atoms with E-state index in [1.165, 1.54) is 7.11 Å². The van der Waals surface area contributed by atoms with Crippen molar-refractivity contribution in [3.8, 4) is 11.5 Å². The lowest BCUT2D eigenvalue weighted by Crippen LogP contribution is -2.24. The van der Waals surface area contributed by atoms with Crippen LogP contribution in [0.15, 0.2) is 18.2 Å². The highest BCUT2D eigenvalue weighted by molar-refractivity contribution is 5.73. The normalized spacial score (nSPS) is 11.2. The molecule has 1 rings (SSSR count). The van der Waals surface area contributed by atoms with E-state index in [4.69, 9.17) is 19.7 Å². The molecule has 0 amide bonds. The van der Waals surface area contributed by atoms with Gasteiger partial charge in [-0.1, -0.05) is 6.07 Å². The Kier molecular flexibility index (Phi) is 5.82. The second kappa shape index (κ2) is 7.14. The molecule has 1 aromatic carbocycles. The number of hydrogen-bond donors (Lipinski definition) is 2. The number of benzene rings is 1.